The van der Waals surface area contributed by atoms with Crippen molar-refractivity contribution in [2.45, 2.75) is 24.5 Å². The van der Waals surface area contributed by atoms with Gasteiger partial charge in [-0.05, 0) is 29.8 Å². The van der Waals surface area contributed by atoms with Crippen molar-refractivity contribution >= 4 is 23.0 Å². The molecular weight excluding hydrogens is 408 g/mol. The second-order valence-corrected chi connectivity index (χ2v) is 7.27. The minimum atomic E-state index is -1.23. The summed E-state index contributed by atoms with van der Waals surface area (Å²) in [5.41, 5.74) is 11.5. The van der Waals surface area contributed by atoms with Gasteiger partial charge >= 0.3 is 0 Å². The largest absolute Gasteiger partial charge is 0.388 e. The van der Waals surface area contributed by atoms with Crippen molar-refractivity contribution < 1.29 is 14.9 Å². The number of nitrogens with one attached hydrogen (secondary N) is 1. The van der Waals surface area contributed by atoms with E-state index in [1.807, 2.05) is 42.5 Å². The predicted octanol–water partition coefficient (Wildman–Crippen LogP) is 3.88. The Hall–Kier alpha value is -3.07. The van der Waals surface area contributed by atoms with Crippen molar-refractivity contribution in [3.05, 3.63) is 76.3 Å². The number of aromatic nitrogens is 2. The molecule has 0 unspecified atom stereocenters. The normalized spacial score (nSPS) is 23.2. The Morgan fingerprint density at radius 1 is 1.13 bits per heavy atom. The molecule has 0 bridgehead atoms. The smallest absolute Gasteiger partial charge is 0.179 e. The van der Waals surface area contributed by atoms with Gasteiger partial charge in [0.25, 0.3) is 0 Å². The van der Waals surface area contributed by atoms with Gasteiger partial charge in [0.15, 0.2) is 6.23 Å². The Morgan fingerprint density at radius 3 is 2.57 bits per heavy atom. The fourth-order valence-corrected chi connectivity index (χ4v) is 3.45. The molecule has 3 aromatic rings. The second kappa shape index (κ2) is 8.74. The van der Waals surface area contributed by atoms with Crippen molar-refractivity contribution in [1.82, 2.24) is 9.78 Å². The van der Waals surface area contributed by atoms with E-state index in [9.17, 15) is 10.2 Å². The molecule has 154 valence electrons. The van der Waals surface area contributed by atoms with Crippen LogP contribution in [0.1, 0.15) is 6.23 Å². The molecule has 9 nitrogen and oxygen atoms in total. The van der Waals surface area contributed by atoms with Crippen LogP contribution in [0.4, 0.5) is 11.4 Å². The first kappa shape index (κ1) is 20.2. The number of anilines is 2. The van der Waals surface area contributed by atoms with E-state index < -0.39 is 24.5 Å². The zero-order chi connectivity index (χ0) is 21.1. The maximum Gasteiger partial charge on any atom is 0.179 e. The van der Waals surface area contributed by atoms with Gasteiger partial charge in [-0.3, -0.25) is 0 Å². The molecule has 10 heteroatoms. The number of hydrogen-bond donors (Lipinski definition) is 3. The Balaban J connectivity index is 1.68. The van der Waals surface area contributed by atoms with Crippen molar-refractivity contribution in [2.75, 3.05) is 11.9 Å². The third-order valence-corrected chi connectivity index (χ3v) is 5.08. The molecule has 0 spiro atoms. The fourth-order valence-electron chi connectivity index (χ4n) is 3.33. The standard InChI is InChI=1S/C20H19ClN6O3/c21-13-6-8-14(9-7-13)24-15-11-27(25-17(15)12-4-2-1-3-5-12)20-19(29)18(28)16(30-20)10-23-26-22/h1-9,11,16,18-20,24,28-29H,10H2/t16-,18-,19-,20-/m1/s1. The SMILES string of the molecule is [N-]=[N+]=NC[C@H]1O[C@@H](n2cc(Nc3ccc(Cl)cc3)c(-c3ccccc3)n2)[C@H](O)[C@@H]1O. The van der Waals surface area contributed by atoms with Crippen molar-refractivity contribution in [1.29, 1.82) is 0 Å². The highest BCUT2D eigenvalue weighted by Gasteiger charge is 2.44. The van der Waals surface area contributed by atoms with Gasteiger partial charge in [0.1, 0.15) is 17.9 Å². The summed E-state index contributed by atoms with van der Waals surface area (Å²) in [5.74, 6) is 0. The lowest BCUT2D eigenvalue weighted by molar-refractivity contribution is -0.0415. The summed E-state index contributed by atoms with van der Waals surface area (Å²) in [6.07, 6.45) is -2.47. The fraction of sp³-hybridized carbons (Fsp3) is 0.250. The first-order valence-electron chi connectivity index (χ1n) is 9.26. The number of azide groups is 1. The number of aliphatic hydroxyl groups excluding tert-OH is 2. The average Bonchev–Trinajstić information content (AvgIpc) is 3.30. The molecule has 1 aromatic heterocycles. The molecule has 2 aromatic carbocycles. The van der Waals surface area contributed by atoms with Gasteiger partial charge in [0.05, 0.1) is 24.5 Å². The molecule has 0 amide bonds. The monoisotopic (exact) mass is 426 g/mol. The lowest BCUT2D eigenvalue weighted by atomic mass is 10.1. The van der Waals surface area contributed by atoms with Gasteiger partial charge in [-0.2, -0.15) is 5.10 Å². The predicted molar refractivity (Wildman–Crippen MR) is 112 cm³/mol. The van der Waals surface area contributed by atoms with Crippen LogP contribution in [0.5, 0.6) is 0 Å². The molecule has 30 heavy (non-hydrogen) atoms. The van der Waals surface area contributed by atoms with Crippen LogP contribution in [0.3, 0.4) is 0 Å². The lowest BCUT2D eigenvalue weighted by Crippen LogP contribution is -2.32. The average molecular weight is 427 g/mol. The van der Waals surface area contributed by atoms with Crippen LogP contribution in [0.15, 0.2) is 65.9 Å². The molecular formula is C20H19ClN6O3. The molecule has 4 rings (SSSR count). The highest BCUT2D eigenvalue weighted by atomic mass is 35.5. The van der Waals surface area contributed by atoms with Crippen molar-refractivity contribution in [3.8, 4) is 11.3 Å². The Labute approximate surface area is 177 Å². The van der Waals surface area contributed by atoms with Crippen LogP contribution in [0.2, 0.25) is 5.02 Å². The van der Waals surface area contributed by atoms with E-state index in [-0.39, 0.29) is 6.54 Å². The summed E-state index contributed by atoms with van der Waals surface area (Å²) in [5, 5.41) is 32.7. The molecule has 4 atom stereocenters. The summed E-state index contributed by atoms with van der Waals surface area (Å²) in [4.78, 5) is 2.68. The first-order chi connectivity index (χ1) is 14.6. The molecule has 1 aliphatic heterocycles. The van der Waals surface area contributed by atoms with E-state index in [1.54, 1.807) is 18.3 Å². The maximum atomic E-state index is 10.5. The van der Waals surface area contributed by atoms with E-state index in [0.717, 1.165) is 11.3 Å². The molecule has 3 N–H and O–H groups in total. The summed E-state index contributed by atoms with van der Waals surface area (Å²) >= 11 is 5.97. The first-order valence-corrected chi connectivity index (χ1v) is 9.64. The van der Waals surface area contributed by atoms with Gasteiger partial charge < -0.3 is 20.3 Å². The van der Waals surface area contributed by atoms with Crippen molar-refractivity contribution in [2.24, 2.45) is 5.11 Å². The summed E-state index contributed by atoms with van der Waals surface area (Å²) in [7, 11) is 0. The molecule has 0 radical (unpaired) electrons. The quantitative estimate of drug-likeness (QED) is 0.313. The molecule has 2 heterocycles. The minimum absolute atomic E-state index is 0.0894. The van der Waals surface area contributed by atoms with E-state index >= 15 is 0 Å². The number of benzene rings is 2. The van der Waals surface area contributed by atoms with Gasteiger partial charge in [0.2, 0.25) is 0 Å². The lowest BCUT2D eigenvalue weighted by Gasteiger charge is -2.14. The number of halogens is 1. The third-order valence-electron chi connectivity index (χ3n) is 4.83. The van der Waals surface area contributed by atoms with E-state index in [2.05, 4.69) is 20.4 Å². The van der Waals surface area contributed by atoms with E-state index in [0.29, 0.717) is 16.4 Å². The molecule has 1 fully saturated rings. The summed E-state index contributed by atoms with van der Waals surface area (Å²) in [6.45, 7) is -0.0894. The number of hydrogen-bond acceptors (Lipinski definition) is 6. The molecule has 0 aliphatic carbocycles. The van der Waals surface area contributed by atoms with E-state index in [4.69, 9.17) is 21.9 Å². The molecule has 1 saturated heterocycles. The zero-order valence-electron chi connectivity index (χ0n) is 15.7. The Bertz CT molecular complexity index is 1050. The Kier molecular flexibility index (Phi) is 5.89. The van der Waals surface area contributed by atoms with Crippen LogP contribution < -0.4 is 5.32 Å². The topological polar surface area (TPSA) is 128 Å². The number of rotatable bonds is 6. The van der Waals surface area contributed by atoms with Crippen LogP contribution in [-0.4, -0.2) is 44.9 Å². The third kappa shape index (κ3) is 4.11. The number of ether oxygens (including phenoxy) is 1. The highest BCUT2D eigenvalue weighted by Crippen LogP contribution is 2.35. The van der Waals surface area contributed by atoms with Crippen LogP contribution in [0.25, 0.3) is 21.7 Å². The number of nitrogens with zero attached hydrogens (tertiary/aromatic N) is 5. The van der Waals surface area contributed by atoms with E-state index in [1.165, 1.54) is 4.68 Å². The second-order valence-electron chi connectivity index (χ2n) is 6.83. The maximum absolute atomic E-state index is 10.5. The highest BCUT2D eigenvalue weighted by molar-refractivity contribution is 6.30. The van der Waals surface area contributed by atoms with Gasteiger partial charge in [-0.1, -0.05) is 47.0 Å². The summed E-state index contributed by atoms with van der Waals surface area (Å²) < 4.78 is 7.20. The Morgan fingerprint density at radius 2 is 1.87 bits per heavy atom. The van der Waals surface area contributed by atoms with Gasteiger partial charge in [0, 0.05) is 21.2 Å². The van der Waals surface area contributed by atoms with Crippen LogP contribution in [0, 0.1) is 0 Å². The summed E-state index contributed by atoms with van der Waals surface area (Å²) in [6, 6.07) is 16.8. The number of aliphatic hydroxyl groups is 2. The van der Waals surface area contributed by atoms with Crippen LogP contribution >= 0.6 is 11.6 Å². The van der Waals surface area contributed by atoms with Gasteiger partial charge in [-0.25, -0.2) is 4.68 Å². The molecule has 0 saturated carbocycles. The zero-order valence-corrected chi connectivity index (χ0v) is 16.5. The van der Waals surface area contributed by atoms with Crippen molar-refractivity contribution in [3.63, 3.8) is 0 Å². The van der Waals surface area contributed by atoms with Crippen LogP contribution in [-0.2, 0) is 4.74 Å². The minimum Gasteiger partial charge on any atom is -0.388 e. The molecule has 1 aliphatic rings. The van der Waals surface area contributed by atoms with Gasteiger partial charge in [-0.15, -0.1) is 0 Å².